The Hall–Kier alpha value is -2.56. The van der Waals surface area contributed by atoms with E-state index in [1.165, 1.54) is 12.1 Å². The zero-order valence-corrected chi connectivity index (χ0v) is 11.5. The van der Waals surface area contributed by atoms with Gasteiger partial charge in [0.1, 0.15) is 6.61 Å². The van der Waals surface area contributed by atoms with E-state index in [0.717, 1.165) is 12.1 Å². The quantitative estimate of drug-likeness (QED) is 0.773. The Balaban J connectivity index is 1.87. The first-order chi connectivity index (χ1) is 10.5. The van der Waals surface area contributed by atoms with Gasteiger partial charge in [0, 0.05) is 0 Å². The van der Waals surface area contributed by atoms with Crippen LogP contribution in [-0.2, 0) is 10.9 Å². The molecule has 2 aromatic carbocycles. The van der Waals surface area contributed by atoms with Crippen molar-refractivity contribution in [1.29, 1.82) is 0 Å². The molecule has 0 aromatic heterocycles. The maximum atomic E-state index is 12.4. The van der Waals surface area contributed by atoms with Crippen molar-refractivity contribution in [3.8, 4) is 0 Å². The minimum absolute atomic E-state index is 0.0503. The highest BCUT2D eigenvalue weighted by molar-refractivity contribution is 5.89. The molecule has 0 heterocycles. The number of hydrogen-bond acceptors (Lipinski definition) is 2. The Bertz CT molecular complexity index is 644. The summed E-state index contributed by atoms with van der Waals surface area (Å²) in [6.07, 6.45) is -1.17. The lowest BCUT2D eigenvalue weighted by atomic mass is 10.1. The van der Waals surface area contributed by atoms with Gasteiger partial charge in [-0.2, -0.15) is 13.2 Å². The summed E-state index contributed by atoms with van der Waals surface area (Å²) in [5, 5.41) is 0. The molecule has 0 atom stereocenters. The molecule has 0 unspecified atom stereocenters. The third kappa shape index (κ3) is 4.48. The molecule has 114 valence electrons. The van der Waals surface area contributed by atoms with Gasteiger partial charge in [0.05, 0.1) is 11.1 Å². The van der Waals surface area contributed by atoms with E-state index in [1.807, 2.05) is 0 Å². The molecule has 2 nitrogen and oxygen atoms in total. The van der Waals surface area contributed by atoms with Gasteiger partial charge < -0.3 is 4.74 Å². The summed E-state index contributed by atoms with van der Waals surface area (Å²) in [4.78, 5) is 11.6. The first kappa shape index (κ1) is 15.8. The third-order valence-electron chi connectivity index (χ3n) is 2.87. The molecule has 0 N–H and O–H groups in total. The van der Waals surface area contributed by atoms with Gasteiger partial charge in [0.15, 0.2) is 0 Å². The van der Waals surface area contributed by atoms with Crippen LogP contribution >= 0.6 is 0 Å². The lowest BCUT2D eigenvalue weighted by molar-refractivity contribution is -0.137. The van der Waals surface area contributed by atoms with Crippen molar-refractivity contribution in [2.75, 3.05) is 6.61 Å². The smallest absolute Gasteiger partial charge is 0.416 e. The topological polar surface area (TPSA) is 26.3 Å². The lowest BCUT2D eigenvalue weighted by Crippen LogP contribution is -2.04. The van der Waals surface area contributed by atoms with Gasteiger partial charge >= 0.3 is 12.1 Å². The Morgan fingerprint density at radius 2 is 1.64 bits per heavy atom. The molecule has 0 saturated carbocycles. The SMILES string of the molecule is O=C(OC/C=C/c1ccc(C(F)(F)F)cc1)c1ccccc1. The number of carbonyl (C=O) groups excluding carboxylic acids is 1. The second-order valence-corrected chi connectivity index (χ2v) is 4.49. The van der Waals surface area contributed by atoms with Crippen LogP contribution in [0.15, 0.2) is 60.7 Å². The number of halogens is 3. The predicted octanol–water partition coefficient (Wildman–Crippen LogP) is 4.58. The largest absolute Gasteiger partial charge is 0.458 e. The van der Waals surface area contributed by atoms with Crippen LogP contribution in [0.4, 0.5) is 13.2 Å². The van der Waals surface area contributed by atoms with Crippen molar-refractivity contribution in [2.45, 2.75) is 6.18 Å². The van der Waals surface area contributed by atoms with Gasteiger partial charge in [-0.25, -0.2) is 4.79 Å². The number of ether oxygens (including phenoxy) is 1. The van der Waals surface area contributed by atoms with Crippen molar-refractivity contribution in [3.63, 3.8) is 0 Å². The zero-order valence-electron chi connectivity index (χ0n) is 11.5. The van der Waals surface area contributed by atoms with Crippen molar-refractivity contribution in [1.82, 2.24) is 0 Å². The van der Waals surface area contributed by atoms with Gasteiger partial charge in [-0.15, -0.1) is 0 Å². The van der Waals surface area contributed by atoms with Crippen LogP contribution < -0.4 is 0 Å². The molecule has 0 fully saturated rings. The predicted molar refractivity (Wildman–Crippen MR) is 77.2 cm³/mol. The summed E-state index contributed by atoms with van der Waals surface area (Å²) >= 11 is 0. The Morgan fingerprint density at radius 1 is 1.00 bits per heavy atom. The summed E-state index contributed by atoms with van der Waals surface area (Å²) in [5.41, 5.74) is 0.356. The van der Waals surface area contributed by atoms with Crippen LogP contribution in [0.3, 0.4) is 0 Å². The van der Waals surface area contributed by atoms with Crippen LogP contribution in [0, 0.1) is 0 Å². The number of carbonyl (C=O) groups is 1. The number of rotatable bonds is 4. The highest BCUT2D eigenvalue weighted by Gasteiger charge is 2.29. The highest BCUT2D eigenvalue weighted by Crippen LogP contribution is 2.29. The first-order valence-electron chi connectivity index (χ1n) is 6.53. The minimum Gasteiger partial charge on any atom is -0.458 e. The molecule has 5 heteroatoms. The molecular formula is C17H13F3O2. The molecule has 2 aromatic rings. The standard InChI is InChI=1S/C17H13F3O2/c18-17(19,20)15-10-8-13(9-11-15)5-4-12-22-16(21)14-6-2-1-3-7-14/h1-11H,12H2/b5-4+. The molecule has 0 amide bonds. The van der Waals surface area contributed by atoms with E-state index in [2.05, 4.69) is 0 Å². The number of alkyl halides is 3. The molecule has 0 aliphatic carbocycles. The Kier molecular flexibility index (Phi) is 4.99. The molecule has 22 heavy (non-hydrogen) atoms. The summed E-state index contributed by atoms with van der Waals surface area (Å²) < 4.78 is 42.2. The van der Waals surface area contributed by atoms with E-state index in [9.17, 15) is 18.0 Å². The fourth-order valence-electron chi connectivity index (χ4n) is 1.75. The lowest BCUT2D eigenvalue weighted by Gasteiger charge is -2.06. The second kappa shape index (κ2) is 6.93. The van der Waals surface area contributed by atoms with E-state index in [1.54, 1.807) is 42.5 Å². The summed E-state index contributed by atoms with van der Waals surface area (Å²) in [6.45, 7) is 0.0503. The summed E-state index contributed by atoms with van der Waals surface area (Å²) in [7, 11) is 0. The van der Waals surface area contributed by atoms with Crippen LogP contribution in [0.5, 0.6) is 0 Å². The summed E-state index contributed by atoms with van der Waals surface area (Å²) in [6, 6.07) is 13.3. The van der Waals surface area contributed by atoms with Gasteiger partial charge in [0.25, 0.3) is 0 Å². The normalized spacial score (nSPS) is 11.6. The number of benzene rings is 2. The monoisotopic (exact) mass is 306 g/mol. The van der Waals surface area contributed by atoms with Crippen LogP contribution in [0.2, 0.25) is 0 Å². The fourth-order valence-corrected chi connectivity index (χ4v) is 1.75. The fraction of sp³-hybridized carbons (Fsp3) is 0.118. The molecule has 0 spiro atoms. The van der Waals surface area contributed by atoms with E-state index in [4.69, 9.17) is 4.74 Å². The van der Waals surface area contributed by atoms with Crippen molar-refractivity contribution < 1.29 is 22.7 Å². The molecule has 0 radical (unpaired) electrons. The number of esters is 1. The first-order valence-corrected chi connectivity index (χ1v) is 6.53. The van der Waals surface area contributed by atoms with Crippen molar-refractivity contribution in [2.24, 2.45) is 0 Å². The average Bonchev–Trinajstić information content (AvgIpc) is 2.52. The maximum absolute atomic E-state index is 12.4. The Labute approximate surface area is 125 Å². The van der Waals surface area contributed by atoms with Crippen molar-refractivity contribution >= 4 is 12.0 Å². The molecule has 0 saturated heterocycles. The van der Waals surface area contributed by atoms with Gasteiger partial charge in [-0.1, -0.05) is 36.4 Å². The second-order valence-electron chi connectivity index (χ2n) is 4.49. The van der Waals surface area contributed by atoms with Crippen LogP contribution in [-0.4, -0.2) is 12.6 Å². The van der Waals surface area contributed by atoms with Gasteiger partial charge in [-0.05, 0) is 35.9 Å². The minimum atomic E-state index is -4.34. The molecule has 0 bridgehead atoms. The van der Waals surface area contributed by atoms with Crippen LogP contribution in [0.1, 0.15) is 21.5 Å². The maximum Gasteiger partial charge on any atom is 0.416 e. The van der Waals surface area contributed by atoms with Crippen molar-refractivity contribution in [3.05, 3.63) is 77.4 Å². The third-order valence-corrected chi connectivity index (χ3v) is 2.87. The van der Waals surface area contributed by atoms with E-state index >= 15 is 0 Å². The molecule has 2 rings (SSSR count). The average molecular weight is 306 g/mol. The molecule has 0 aliphatic rings. The van der Waals surface area contributed by atoms with E-state index in [-0.39, 0.29) is 6.61 Å². The number of hydrogen-bond donors (Lipinski definition) is 0. The molecular weight excluding hydrogens is 293 g/mol. The van der Waals surface area contributed by atoms with E-state index < -0.39 is 17.7 Å². The van der Waals surface area contributed by atoms with Gasteiger partial charge in [0.2, 0.25) is 0 Å². The zero-order chi connectivity index (χ0) is 16.0. The Morgan fingerprint density at radius 3 is 2.23 bits per heavy atom. The van der Waals surface area contributed by atoms with Gasteiger partial charge in [-0.3, -0.25) is 0 Å². The molecule has 0 aliphatic heterocycles. The summed E-state index contributed by atoms with van der Waals surface area (Å²) in [5.74, 6) is -0.447. The van der Waals surface area contributed by atoms with Crippen LogP contribution in [0.25, 0.3) is 6.08 Å². The van der Waals surface area contributed by atoms with E-state index in [0.29, 0.717) is 11.1 Å². The highest BCUT2D eigenvalue weighted by atomic mass is 19.4.